The monoisotopic (exact) mass is 414 g/mol. The summed E-state index contributed by atoms with van der Waals surface area (Å²) in [6.07, 6.45) is 0. The second-order valence-electron chi connectivity index (χ2n) is 6.19. The lowest BCUT2D eigenvalue weighted by atomic mass is 10.1. The Labute approximate surface area is 170 Å². The summed E-state index contributed by atoms with van der Waals surface area (Å²) in [6, 6.07) is 11.4. The number of hydrogen-bond donors (Lipinski definition) is 2. The molecule has 3 aromatic rings. The van der Waals surface area contributed by atoms with Gasteiger partial charge < -0.3 is 21.1 Å². The summed E-state index contributed by atoms with van der Waals surface area (Å²) >= 11 is 1.03. The number of ketones is 1. The van der Waals surface area contributed by atoms with E-state index < -0.39 is 17.8 Å². The first-order valence-corrected chi connectivity index (χ1v) is 9.42. The quantitative estimate of drug-likeness (QED) is 0.575. The zero-order valence-corrected chi connectivity index (χ0v) is 16.6. The molecule has 1 amide bonds. The summed E-state index contributed by atoms with van der Waals surface area (Å²) < 4.78 is 18.3. The number of rotatable bonds is 7. The maximum atomic E-state index is 13.1. The van der Waals surface area contributed by atoms with Crippen LogP contribution >= 0.6 is 11.3 Å². The number of thiazole rings is 1. The fraction of sp³-hybridized carbons (Fsp3) is 0.150. The number of halogens is 1. The van der Waals surface area contributed by atoms with Gasteiger partial charge in [-0.15, -0.1) is 0 Å². The van der Waals surface area contributed by atoms with Crippen LogP contribution in [-0.2, 0) is 4.79 Å². The van der Waals surface area contributed by atoms with Crippen LogP contribution in [0.1, 0.15) is 22.2 Å². The molecule has 1 aromatic heterocycles. The molecule has 1 atom stereocenters. The van der Waals surface area contributed by atoms with E-state index in [2.05, 4.69) is 4.98 Å². The number of hydrogen-bond acceptors (Lipinski definition) is 7. The van der Waals surface area contributed by atoms with Gasteiger partial charge in [0.1, 0.15) is 28.3 Å². The topological polar surface area (TPSA) is 112 Å². The molecule has 2 aromatic carbocycles. The molecule has 7 nitrogen and oxygen atoms in total. The van der Waals surface area contributed by atoms with Crippen molar-refractivity contribution in [2.24, 2.45) is 5.73 Å². The number of ether oxygens (including phenoxy) is 1. The minimum atomic E-state index is -0.747. The third kappa shape index (κ3) is 4.19. The molecule has 3 rings (SSSR count). The Kier molecular flexibility index (Phi) is 5.79. The number of carbonyl (C=O) groups is 2. The first kappa shape index (κ1) is 20.3. The molecule has 0 aliphatic rings. The predicted molar refractivity (Wildman–Crippen MR) is 110 cm³/mol. The normalized spacial score (nSPS) is 11.7. The van der Waals surface area contributed by atoms with Crippen molar-refractivity contribution in [2.75, 3.05) is 17.7 Å². The van der Waals surface area contributed by atoms with Crippen LogP contribution in [0.5, 0.6) is 5.75 Å². The van der Waals surface area contributed by atoms with Crippen LogP contribution in [0.4, 0.5) is 21.0 Å². The molecule has 150 valence electrons. The van der Waals surface area contributed by atoms with E-state index in [4.69, 9.17) is 16.2 Å². The van der Waals surface area contributed by atoms with Crippen LogP contribution in [0, 0.1) is 5.82 Å². The van der Waals surface area contributed by atoms with Gasteiger partial charge in [-0.1, -0.05) is 11.3 Å². The van der Waals surface area contributed by atoms with Gasteiger partial charge in [0.25, 0.3) is 0 Å². The molecule has 0 aliphatic heterocycles. The number of benzene rings is 2. The minimum absolute atomic E-state index is 0.0227. The first-order valence-electron chi connectivity index (χ1n) is 8.61. The third-order valence-corrected chi connectivity index (χ3v) is 5.38. The fourth-order valence-electron chi connectivity index (χ4n) is 2.69. The predicted octanol–water partition coefficient (Wildman–Crippen LogP) is 3.12. The van der Waals surface area contributed by atoms with Crippen molar-refractivity contribution >= 4 is 39.7 Å². The Bertz CT molecular complexity index is 1030. The second kappa shape index (κ2) is 8.27. The summed E-state index contributed by atoms with van der Waals surface area (Å²) in [5.41, 5.74) is 12.4. The van der Waals surface area contributed by atoms with Crippen LogP contribution < -0.4 is 21.1 Å². The number of anilines is 3. The second-order valence-corrected chi connectivity index (χ2v) is 7.17. The Morgan fingerprint density at radius 1 is 1.14 bits per heavy atom. The maximum absolute atomic E-state index is 13.1. The smallest absolute Gasteiger partial charge is 0.240 e. The van der Waals surface area contributed by atoms with Crippen LogP contribution in [0.25, 0.3) is 0 Å². The maximum Gasteiger partial charge on any atom is 0.240 e. The molecular formula is C20H19FN4O3S. The van der Waals surface area contributed by atoms with E-state index in [1.54, 1.807) is 43.2 Å². The lowest BCUT2D eigenvalue weighted by Gasteiger charge is -2.26. The number of primary amides is 1. The lowest BCUT2D eigenvalue weighted by Crippen LogP contribution is -2.39. The van der Waals surface area contributed by atoms with Gasteiger partial charge in [0.05, 0.1) is 7.11 Å². The Balaban J connectivity index is 2.02. The molecular weight excluding hydrogens is 395 g/mol. The Morgan fingerprint density at radius 3 is 2.31 bits per heavy atom. The molecule has 29 heavy (non-hydrogen) atoms. The molecule has 1 heterocycles. The number of methoxy groups -OCH3 is 1. The summed E-state index contributed by atoms with van der Waals surface area (Å²) in [7, 11) is 1.55. The molecule has 0 saturated heterocycles. The number of nitrogens with zero attached hydrogens (tertiary/aromatic N) is 2. The SMILES string of the molecule is COc1ccc(N(c2nc(N)c(C(=O)c3ccc(F)cc3)s2)C(C)C(N)=O)cc1. The van der Waals surface area contributed by atoms with Crippen molar-refractivity contribution in [3.63, 3.8) is 0 Å². The molecule has 0 fully saturated rings. The van der Waals surface area contributed by atoms with Crippen molar-refractivity contribution < 1.29 is 18.7 Å². The fourth-order valence-corrected chi connectivity index (χ4v) is 3.74. The van der Waals surface area contributed by atoms with E-state index in [9.17, 15) is 14.0 Å². The van der Waals surface area contributed by atoms with Crippen LogP contribution in [0.2, 0.25) is 0 Å². The average Bonchev–Trinajstić information content (AvgIpc) is 3.09. The molecule has 1 unspecified atom stereocenters. The van der Waals surface area contributed by atoms with E-state index in [0.29, 0.717) is 16.6 Å². The van der Waals surface area contributed by atoms with Crippen LogP contribution in [-0.4, -0.2) is 29.8 Å². The number of amides is 1. The van der Waals surface area contributed by atoms with E-state index >= 15 is 0 Å². The zero-order valence-electron chi connectivity index (χ0n) is 15.8. The standard InChI is InChI=1S/C20H19FN4O3S/c1-11(19(23)27)25(14-7-9-15(28-2)10-8-14)20-24-18(22)17(29-20)16(26)12-3-5-13(21)6-4-12/h3-11H,22H2,1-2H3,(H2,23,27). The average molecular weight is 414 g/mol. The Morgan fingerprint density at radius 2 is 1.76 bits per heavy atom. The first-order chi connectivity index (χ1) is 13.8. The highest BCUT2D eigenvalue weighted by Gasteiger charge is 2.27. The van der Waals surface area contributed by atoms with Gasteiger partial charge in [0.2, 0.25) is 11.7 Å². The number of carbonyl (C=O) groups excluding carboxylic acids is 2. The highest BCUT2D eigenvalue weighted by atomic mass is 32.1. The van der Waals surface area contributed by atoms with Gasteiger partial charge in [-0.2, -0.15) is 0 Å². The van der Waals surface area contributed by atoms with E-state index in [1.165, 1.54) is 24.3 Å². The molecule has 0 spiro atoms. The molecule has 0 saturated carbocycles. The van der Waals surface area contributed by atoms with Crippen molar-refractivity contribution in [1.29, 1.82) is 0 Å². The molecule has 0 radical (unpaired) electrons. The van der Waals surface area contributed by atoms with Crippen molar-refractivity contribution in [3.8, 4) is 5.75 Å². The molecule has 4 N–H and O–H groups in total. The highest BCUT2D eigenvalue weighted by Crippen LogP contribution is 2.36. The zero-order chi connectivity index (χ0) is 21.1. The largest absolute Gasteiger partial charge is 0.497 e. The third-order valence-electron chi connectivity index (χ3n) is 4.31. The van der Waals surface area contributed by atoms with Crippen molar-refractivity contribution in [3.05, 3.63) is 64.8 Å². The van der Waals surface area contributed by atoms with Gasteiger partial charge in [-0.25, -0.2) is 9.37 Å². The summed E-state index contributed by atoms with van der Waals surface area (Å²) in [5, 5.41) is 0.337. The van der Waals surface area contributed by atoms with Crippen LogP contribution in [0.15, 0.2) is 48.5 Å². The molecule has 0 aliphatic carbocycles. The number of nitrogen functional groups attached to an aromatic ring is 1. The van der Waals surface area contributed by atoms with Gasteiger partial charge in [-0.05, 0) is 55.5 Å². The highest BCUT2D eigenvalue weighted by molar-refractivity contribution is 7.18. The number of aromatic nitrogens is 1. The Hall–Kier alpha value is -3.46. The summed E-state index contributed by atoms with van der Waals surface area (Å²) in [4.78, 5) is 30.8. The van der Waals surface area contributed by atoms with E-state index in [0.717, 1.165) is 11.3 Å². The van der Waals surface area contributed by atoms with Gasteiger partial charge >= 0.3 is 0 Å². The van der Waals surface area contributed by atoms with Gasteiger partial charge in [-0.3, -0.25) is 9.59 Å². The summed E-state index contributed by atoms with van der Waals surface area (Å²) in [5.74, 6) is -0.727. The van der Waals surface area contributed by atoms with Crippen molar-refractivity contribution in [1.82, 2.24) is 4.98 Å². The van der Waals surface area contributed by atoms with Gasteiger partial charge in [0, 0.05) is 11.3 Å². The van der Waals surface area contributed by atoms with Crippen LogP contribution in [0.3, 0.4) is 0 Å². The minimum Gasteiger partial charge on any atom is -0.497 e. The van der Waals surface area contributed by atoms with E-state index in [1.807, 2.05) is 0 Å². The summed E-state index contributed by atoms with van der Waals surface area (Å²) in [6.45, 7) is 1.63. The van der Waals surface area contributed by atoms with Crippen molar-refractivity contribution in [2.45, 2.75) is 13.0 Å². The van der Waals surface area contributed by atoms with Gasteiger partial charge in [0.15, 0.2) is 5.13 Å². The molecule has 9 heteroatoms. The van der Waals surface area contributed by atoms with E-state index in [-0.39, 0.29) is 22.0 Å². The molecule has 0 bridgehead atoms. The number of nitrogens with two attached hydrogens (primary N) is 2. The lowest BCUT2D eigenvalue weighted by molar-refractivity contribution is -0.118.